The monoisotopic (exact) mass is 266 g/mol. The quantitative estimate of drug-likeness (QED) is 0.858. The lowest BCUT2D eigenvalue weighted by Crippen LogP contribution is -2.47. The Kier molecular flexibility index (Phi) is 2.59. The van der Waals surface area contributed by atoms with E-state index in [9.17, 15) is 0 Å². The molecule has 2 aliphatic rings. The normalized spacial score (nSPS) is 19.4. The van der Waals surface area contributed by atoms with Crippen molar-refractivity contribution in [1.29, 1.82) is 0 Å². The minimum absolute atomic E-state index is 0.532. The fraction of sp³-hybridized carbons (Fsp3) is 0.294. The van der Waals surface area contributed by atoms with Crippen molar-refractivity contribution in [3.05, 3.63) is 53.6 Å². The molecule has 2 aliphatic heterocycles. The molecule has 0 radical (unpaired) electrons. The van der Waals surface area contributed by atoms with Crippen LogP contribution >= 0.6 is 0 Å². The highest BCUT2D eigenvalue weighted by Gasteiger charge is 2.30. The van der Waals surface area contributed by atoms with Gasteiger partial charge in [0, 0.05) is 19.2 Å². The molecule has 0 fully saturated rings. The van der Waals surface area contributed by atoms with Gasteiger partial charge in [0.05, 0.1) is 24.5 Å². The van der Waals surface area contributed by atoms with E-state index in [-0.39, 0.29) is 0 Å². The van der Waals surface area contributed by atoms with Crippen LogP contribution < -0.4 is 15.0 Å². The largest absolute Gasteiger partial charge is 0.497 e. The van der Waals surface area contributed by atoms with Crippen molar-refractivity contribution >= 4 is 11.4 Å². The zero-order valence-corrected chi connectivity index (χ0v) is 11.6. The van der Waals surface area contributed by atoms with E-state index in [2.05, 4.69) is 46.6 Å². The number of anilines is 2. The number of ether oxygens (including phenoxy) is 1. The summed E-state index contributed by atoms with van der Waals surface area (Å²) in [5.41, 5.74) is 5.40. The van der Waals surface area contributed by atoms with E-state index in [1.807, 2.05) is 6.07 Å². The lowest BCUT2D eigenvalue weighted by Gasteiger charge is -2.43. The molecule has 102 valence electrons. The molecular weight excluding hydrogens is 248 g/mol. The SMILES string of the molecule is COc1ccc2c(c1)N1Cc3ccccc3CC1CN2. The van der Waals surface area contributed by atoms with Crippen LogP contribution in [0.1, 0.15) is 11.1 Å². The first kappa shape index (κ1) is 11.6. The Morgan fingerprint density at radius 2 is 2.00 bits per heavy atom. The third kappa shape index (κ3) is 1.73. The average molecular weight is 266 g/mol. The van der Waals surface area contributed by atoms with Gasteiger partial charge in [-0.15, -0.1) is 0 Å². The lowest BCUT2D eigenvalue weighted by atomic mass is 9.92. The van der Waals surface area contributed by atoms with Crippen LogP contribution in [-0.4, -0.2) is 19.7 Å². The van der Waals surface area contributed by atoms with Crippen LogP contribution in [0.2, 0.25) is 0 Å². The van der Waals surface area contributed by atoms with Gasteiger partial charge in [0.1, 0.15) is 5.75 Å². The Labute approximate surface area is 119 Å². The number of benzene rings is 2. The number of hydrogen-bond acceptors (Lipinski definition) is 3. The molecule has 1 unspecified atom stereocenters. The van der Waals surface area contributed by atoms with Gasteiger partial charge in [-0.3, -0.25) is 0 Å². The van der Waals surface area contributed by atoms with Crippen molar-refractivity contribution in [2.45, 2.75) is 19.0 Å². The number of fused-ring (bicyclic) bond motifs is 4. The Hall–Kier alpha value is -2.16. The average Bonchev–Trinajstić information content (AvgIpc) is 2.52. The summed E-state index contributed by atoms with van der Waals surface area (Å²) < 4.78 is 5.38. The minimum Gasteiger partial charge on any atom is -0.497 e. The molecule has 2 heterocycles. The summed E-state index contributed by atoms with van der Waals surface area (Å²) in [5, 5.41) is 3.55. The molecule has 0 saturated carbocycles. The maximum absolute atomic E-state index is 5.38. The maximum Gasteiger partial charge on any atom is 0.121 e. The fourth-order valence-corrected chi connectivity index (χ4v) is 3.31. The van der Waals surface area contributed by atoms with Gasteiger partial charge < -0.3 is 15.0 Å². The summed E-state index contributed by atoms with van der Waals surface area (Å²) in [6.07, 6.45) is 1.11. The van der Waals surface area contributed by atoms with Crippen molar-refractivity contribution in [2.24, 2.45) is 0 Å². The van der Waals surface area contributed by atoms with Crippen LogP contribution in [0.5, 0.6) is 5.75 Å². The Bertz CT molecular complexity index is 653. The molecule has 0 aromatic heterocycles. The zero-order chi connectivity index (χ0) is 13.5. The van der Waals surface area contributed by atoms with Crippen molar-refractivity contribution in [3.8, 4) is 5.75 Å². The van der Waals surface area contributed by atoms with Gasteiger partial charge in [-0.1, -0.05) is 24.3 Å². The van der Waals surface area contributed by atoms with Gasteiger partial charge in [0.25, 0.3) is 0 Å². The van der Waals surface area contributed by atoms with Crippen molar-refractivity contribution in [2.75, 3.05) is 23.9 Å². The molecule has 0 saturated heterocycles. The predicted molar refractivity (Wildman–Crippen MR) is 81.6 cm³/mol. The van der Waals surface area contributed by atoms with Crippen LogP contribution in [0.15, 0.2) is 42.5 Å². The van der Waals surface area contributed by atoms with Gasteiger partial charge in [0.15, 0.2) is 0 Å². The molecule has 0 spiro atoms. The van der Waals surface area contributed by atoms with E-state index in [4.69, 9.17) is 4.74 Å². The van der Waals surface area contributed by atoms with Gasteiger partial charge in [-0.2, -0.15) is 0 Å². The number of rotatable bonds is 1. The van der Waals surface area contributed by atoms with Gasteiger partial charge in [-0.25, -0.2) is 0 Å². The van der Waals surface area contributed by atoms with E-state index in [1.165, 1.54) is 22.5 Å². The second-order valence-corrected chi connectivity index (χ2v) is 5.52. The van der Waals surface area contributed by atoms with Crippen LogP contribution in [0.25, 0.3) is 0 Å². The molecule has 4 rings (SSSR count). The Morgan fingerprint density at radius 1 is 1.15 bits per heavy atom. The van der Waals surface area contributed by atoms with Crippen molar-refractivity contribution in [3.63, 3.8) is 0 Å². The summed E-state index contributed by atoms with van der Waals surface area (Å²) in [5.74, 6) is 0.921. The van der Waals surface area contributed by atoms with Gasteiger partial charge in [0.2, 0.25) is 0 Å². The topological polar surface area (TPSA) is 24.5 Å². The Balaban J connectivity index is 1.77. The number of nitrogens with one attached hydrogen (secondary N) is 1. The minimum atomic E-state index is 0.532. The summed E-state index contributed by atoms with van der Waals surface area (Å²) >= 11 is 0. The highest BCUT2D eigenvalue weighted by molar-refractivity contribution is 5.75. The first-order valence-electron chi connectivity index (χ1n) is 7.10. The summed E-state index contributed by atoms with van der Waals surface area (Å²) in [7, 11) is 1.72. The molecule has 3 nitrogen and oxygen atoms in total. The third-order valence-electron chi connectivity index (χ3n) is 4.40. The van der Waals surface area contributed by atoms with Crippen LogP contribution in [-0.2, 0) is 13.0 Å². The summed E-state index contributed by atoms with van der Waals surface area (Å²) in [6, 6.07) is 15.6. The summed E-state index contributed by atoms with van der Waals surface area (Å²) in [6.45, 7) is 2.00. The second-order valence-electron chi connectivity index (χ2n) is 5.52. The molecule has 1 N–H and O–H groups in total. The molecule has 3 heteroatoms. The third-order valence-corrected chi connectivity index (χ3v) is 4.40. The molecule has 20 heavy (non-hydrogen) atoms. The first-order chi connectivity index (χ1) is 9.85. The van der Waals surface area contributed by atoms with Gasteiger partial charge >= 0.3 is 0 Å². The standard InChI is InChI=1S/C17H18N2O/c1-20-15-6-7-16-17(9-15)19-11-13-5-3-2-4-12(13)8-14(19)10-18-16/h2-7,9,14,18H,8,10-11H2,1H3. The molecule has 0 aliphatic carbocycles. The molecule has 2 aromatic rings. The zero-order valence-electron chi connectivity index (χ0n) is 11.6. The Morgan fingerprint density at radius 3 is 2.85 bits per heavy atom. The van der Waals surface area contributed by atoms with Crippen molar-refractivity contribution in [1.82, 2.24) is 0 Å². The highest BCUT2D eigenvalue weighted by Crippen LogP contribution is 2.38. The van der Waals surface area contributed by atoms with Crippen LogP contribution in [0, 0.1) is 0 Å². The predicted octanol–water partition coefficient (Wildman–Crippen LogP) is 3.05. The van der Waals surface area contributed by atoms with Gasteiger partial charge in [-0.05, 0) is 29.7 Å². The molecule has 2 aromatic carbocycles. The van der Waals surface area contributed by atoms with E-state index in [1.54, 1.807) is 7.11 Å². The number of nitrogens with zero attached hydrogens (tertiary/aromatic N) is 1. The number of hydrogen-bond donors (Lipinski definition) is 1. The second kappa shape index (κ2) is 4.44. The van der Waals surface area contributed by atoms with Crippen molar-refractivity contribution < 1.29 is 4.74 Å². The molecule has 1 atom stereocenters. The lowest BCUT2D eigenvalue weighted by molar-refractivity contribution is 0.414. The van der Waals surface area contributed by atoms with E-state index >= 15 is 0 Å². The highest BCUT2D eigenvalue weighted by atomic mass is 16.5. The van der Waals surface area contributed by atoms with Crippen LogP contribution in [0.3, 0.4) is 0 Å². The van der Waals surface area contributed by atoms with E-state index in [0.29, 0.717) is 6.04 Å². The molecule has 0 amide bonds. The van der Waals surface area contributed by atoms with E-state index in [0.717, 1.165) is 25.3 Å². The maximum atomic E-state index is 5.38. The van der Waals surface area contributed by atoms with E-state index < -0.39 is 0 Å². The fourth-order valence-electron chi connectivity index (χ4n) is 3.31. The smallest absolute Gasteiger partial charge is 0.121 e. The molecule has 0 bridgehead atoms. The summed E-state index contributed by atoms with van der Waals surface area (Å²) in [4.78, 5) is 2.51. The molecular formula is C17H18N2O. The van der Waals surface area contributed by atoms with Crippen LogP contribution in [0.4, 0.5) is 11.4 Å². The number of methoxy groups -OCH3 is 1. The first-order valence-corrected chi connectivity index (χ1v) is 7.10.